The van der Waals surface area contributed by atoms with Gasteiger partial charge in [-0.25, -0.2) is 4.79 Å². The lowest BCUT2D eigenvalue weighted by Crippen LogP contribution is -2.18. The number of carbonyl (C=O) groups is 1. The van der Waals surface area contributed by atoms with E-state index in [0.717, 1.165) is 17.3 Å². The number of hydrogen-bond donors (Lipinski definition) is 1. The first-order valence-corrected chi connectivity index (χ1v) is 8.35. The third kappa shape index (κ3) is 2.90. The number of carboxylic acid groups (broad SMARTS) is 1. The van der Waals surface area contributed by atoms with E-state index in [1.165, 1.54) is 0 Å². The largest absolute Gasteiger partial charge is 0.479 e. The highest BCUT2D eigenvalue weighted by Crippen LogP contribution is 2.37. The van der Waals surface area contributed by atoms with Gasteiger partial charge in [0.2, 0.25) is 0 Å². The van der Waals surface area contributed by atoms with Crippen molar-refractivity contribution < 1.29 is 19.2 Å². The molecule has 19 heavy (non-hydrogen) atoms. The van der Waals surface area contributed by atoms with Crippen LogP contribution in [0.15, 0.2) is 4.52 Å². The second kappa shape index (κ2) is 5.72. The van der Waals surface area contributed by atoms with E-state index in [9.17, 15) is 4.79 Å². The van der Waals surface area contributed by atoms with Crippen LogP contribution in [0.25, 0.3) is 0 Å². The SMILES string of the molecule is O=C(O)C1CCC(c2nc(C3CSCCS3)no2)O1. The van der Waals surface area contributed by atoms with Crippen LogP contribution >= 0.6 is 23.5 Å². The predicted octanol–water partition coefficient (Wildman–Crippen LogP) is 1.90. The summed E-state index contributed by atoms with van der Waals surface area (Å²) in [4.78, 5) is 15.2. The van der Waals surface area contributed by atoms with E-state index in [0.29, 0.717) is 24.6 Å². The highest BCUT2D eigenvalue weighted by atomic mass is 32.2. The molecular formula is C11H14N2O4S2. The fourth-order valence-corrected chi connectivity index (χ4v) is 4.74. The Bertz CT molecular complexity index is 461. The lowest BCUT2D eigenvalue weighted by molar-refractivity contribution is -0.150. The van der Waals surface area contributed by atoms with Gasteiger partial charge in [-0.05, 0) is 12.8 Å². The smallest absolute Gasteiger partial charge is 0.332 e. The molecule has 104 valence electrons. The number of thioether (sulfide) groups is 2. The van der Waals surface area contributed by atoms with Gasteiger partial charge >= 0.3 is 5.97 Å². The number of ether oxygens (including phenoxy) is 1. The molecule has 2 fully saturated rings. The molecule has 2 saturated heterocycles. The molecule has 0 aromatic carbocycles. The van der Waals surface area contributed by atoms with Crippen molar-refractivity contribution in [1.29, 1.82) is 0 Å². The summed E-state index contributed by atoms with van der Waals surface area (Å²) in [7, 11) is 0. The predicted molar refractivity (Wildman–Crippen MR) is 71.3 cm³/mol. The number of hydrogen-bond acceptors (Lipinski definition) is 7. The third-order valence-corrected chi connectivity index (χ3v) is 5.88. The average molecular weight is 302 g/mol. The first-order chi connectivity index (χ1) is 9.24. The molecule has 6 nitrogen and oxygen atoms in total. The van der Waals surface area contributed by atoms with E-state index in [1.807, 2.05) is 23.5 Å². The van der Waals surface area contributed by atoms with Crippen LogP contribution in [-0.2, 0) is 9.53 Å². The van der Waals surface area contributed by atoms with Gasteiger partial charge in [0.15, 0.2) is 11.9 Å². The summed E-state index contributed by atoms with van der Waals surface area (Å²) < 4.78 is 10.6. The lowest BCUT2D eigenvalue weighted by atomic mass is 10.2. The van der Waals surface area contributed by atoms with Gasteiger partial charge in [-0.15, -0.1) is 11.8 Å². The summed E-state index contributed by atoms with van der Waals surface area (Å²) in [5, 5.41) is 13.2. The summed E-state index contributed by atoms with van der Waals surface area (Å²) >= 11 is 3.73. The Balaban J connectivity index is 1.66. The zero-order valence-corrected chi connectivity index (χ0v) is 11.8. The quantitative estimate of drug-likeness (QED) is 0.906. The molecule has 3 atom stereocenters. The maximum Gasteiger partial charge on any atom is 0.332 e. The molecule has 0 spiro atoms. The van der Waals surface area contributed by atoms with Crippen LogP contribution in [0.1, 0.15) is 35.9 Å². The molecule has 0 bridgehead atoms. The molecule has 3 unspecified atom stereocenters. The van der Waals surface area contributed by atoms with Crippen molar-refractivity contribution in [2.75, 3.05) is 17.3 Å². The van der Waals surface area contributed by atoms with Crippen LogP contribution in [0.4, 0.5) is 0 Å². The van der Waals surface area contributed by atoms with Crippen molar-refractivity contribution in [3.05, 3.63) is 11.7 Å². The Hall–Kier alpha value is -0.730. The minimum atomic E-state index is -0.929. The zero-order chi connectivity index (χ0) is 13.2. The lowest BCUT2D eigenvalue weighted by Gasteiger charge is -2.17. The number of rotatable bonds is 3. The fraction of sp³-hybridized carbons (Fsp3) is 0.727. The van der Waals surface area contributed by atoms with Crippen LogP contribution in [0.2, 0.25) is 0 Å². The second-order valence-electron chi connectivity index (χ2n) is 4.45. The topological polar surface area (TPSA) is 85.5 Å². The highest BCUT2D eigenvalue weighted by Gasteiger charge is 2.35. The molecule has 0 amide bonds. The minimum Gasteiger partial charge on any atom is -0.479 e. The number of nitrogens with zero attached hydrogens (tertiary/aromatic N) is 2. The minimum absolute atomic E-state index is 0.271. The maximum atomic E-state index is 10.8. The Morgan fingerprint density at radius 2 is 2.26 bits per heavy atom. The van der Waals surface area contributed by atoms with Gasteiger partial charge < -0.3 is 14.4 Å². The number of aliphatic carboxylic acids is 1. The van der Waals surface area contributed by atoms with Gasteiger partial charge in [0.05, 0.1) is 5.25 Å². The summed E-state index contributed by atoms with van der Waals surface area (Å²) in [5.74, 6) is 3.44. The molecular weight excluding hydrogens is 288 g/mol. The van der Waals surface area contributed by atoms with E-state index in [1.54, 1.807) is 0 Å². The van der Waals surface area contributed by atoms with Gasteiger partial charge in [0.25, 0.3) is 5.89 Å². The Morgan fingerprint density at radius 3 is 2.95 bits per heavy atom. The van der Waals surface area contributed by atoms with Crippen molar-refractivity contribution in [1.82, 2.24) is 10.1 Å². The maximum absolute atomic E-state index is 10.8. The Morgan fingerprint density at radius 1 is 1.37 bits per heavy atom. The van der Waals surface area contributed by atoms with E-state index in [-0.39, 0.29) is 11.4 Å². The molecule has 8 heteroatoms. The fourth-order valence-electron chi connectivity index (χ4n) is 2.15. The van der Waals surface area contributed by atoms with Crippen LogP contribution in [0.5, 0.6) is 0 Å². The molecule has 0 radical (unpaired) electrons. The molecule has 2 aliphatic heterocycles. The van der Waals surface area contributed by atoms with Gasteiger partial charge in [-0.3, -0.25) is 0 Å². The van der Waals surface area contributed by atoms with Crippen LogP contribution in [0, 0.1) is 0 Å². The van der Waals surface area contributed by atoms with Gasteiger partial charge in [-0.2, -0.15) is 16.7 Å². The molecule has 3 heterocycles. The monoisotopic (exact) mass is 302 g/mol. The first-order valence-electron chi connectivity index (χ1n) is 6.15. The van der Waals surface area contributed by atoms with Crippen molar-refractivity contribution >= 4 is 29.5 Å². The van der Waals surface area contributed by atoms with Crippen LogP contribution < -0.4 is 0 Å². The normalized spacial score (nSPS) is 31.5. The van der Waals surface area contributed by atoms with E-state index < -0.39 is 12.1 Å². The standard InChI is InChI=1S/C11H14N2O4S2/c14-11(15)7-2-1-6(16-7)10-12-9(13-17-10)8-5-18-3-4-19-8/h6-8H,1-5H2,(H,14,15). The molecule has 1 aromatic rings. The third-order valence-electron chi connectivity index (χ3n) is 3.13. The average Bonchev–Trinajstić information content (AvgIpc) is 3.09. The van der Waals surface area contributed by atoms with Crippen molar-refractivity contribution in [3.8, 4) is 0 Å². The summed E-state index contributed by atoms with van der Waals surface area (Å²) in [5.41, 5.74) is 0. The van der Waals surface area contributed by atoms with Gasteiger partial charge in [-0.1, -0.05) is 5.16 Å². The van der Waals surface area contributed by atoms with Crippen LogP contribution in [-0.4, -0.2) is 44.6 Å². The molecule has 2 aliphatic rings. The highest BCUT2D eigenvalue weighted by molar-refractivity contribution is 8.06. The van der Waals surface area contributed by atoms with E-state index in [4.69, 9.17) is 14.4 Å². The first kappa shape index (κ1) is 13.3. The summed E-state index contributed by atoms with van der Waals surface area (Å²) in [6, 6.07) is 0. The molecule has 3 rings (SSSR count). The van der Waals surface area contributed by atoms with Crippen molar-refractivity contribution in [2.24, 2.45) is 0 Å². The van der Waals surface area contributed by atoms with Gasteiger partial charge in [0.1, 0.15) is 6.10 Å². The zero-order valence-electron chi connectivity index (χ0n) is 10.2. The van der Waals surface area contributed by atoms with E-state index in [2.05, 4.69) is 10.1 Å². The number of carboxylic acids is 1. The van der Waals surface area contributed by atoms with Crippen molar-refractivity contribution in [3.63, 3.8) is 0 Å². The Labute approximate surface area is 118 Å². The molecule has 0 saturated carbocycles. The number of aromatic nitrogens is 2. The van der Waals surface area contributed by atoms with Crippen molar-refractivity contribution in [2.45, 2.75) is 30.3 Å². The second-order valence-corrected chi connectivity index (χ2v) is 6.91. The molecule has 1 N–H and O–H groups in total. The summed E-state index contributed by atoms with van der Waals surface area (Å²) in [6.45, 7) is 0. The molecule has 0 aliphatic carbocycles. The molecule has 1 aromatic heterocycles. The van der Waals surface area contributed by atoms with Crippen LogP contribution in [0.3, 0.4) is 0 Å². The van der Waals surface area contributed by atoms with Gasteiger partial charge in [0, 0.05) is 17.3 Å². The summed E-state index contributed by atoms with van der Waals surface area (Å²) in [6.07, 6.45) is -0.0137. The van der Waals surface area contributed by atoms with E-state index >= 15 is 0 Å². The Kier molecular flexibility index (Phi) is 3.99.